The van der Waals surface area contributed by atoms with Gasteiger partial charge in [0.2, 0.25) is 5.91 Å². The van der Waals surface area contributed by atoms with Crippen molar-refractivity contribution in [3.63, 3.8) is 0 Å². The van der Waals surface area contributed by atoms with Crippen LogP contribution in [-0.2, 0) is 23.4 Å². The van der Waals surface area contributed by atoms with Crippen molar-refractivity contribution in [2.45, 2.75) is 179 Å². The fraction of sp³-hybridized carbons (Fsp3) is 0.756. The Labute approximate surface area is 318 Å². The van der Waals surface area contributed by atoms with Crippen LogP contribution in [0.25, 0.3) is 0 Å². The lowest BCUT2D eigenvalue weighted by atomic mass is 9.86. The Morgan fingerprint density at radius 3 is 2.25 bits per heavy atom. The SMILES string of the molecule is CCCCCCCCCCCCCCCC(=O)NCCC(O)(/C=C/C1OC(=O)C=CC1CC)C(CC(O)/C=C\C=C/C1CCCC(O)C1)OP(=O)(O)O. The monoisotopic (exact) mass is 767 g/mol. The second-order valence-corrected chi connectivity index (χ2v) is 16.2. The minimum Gasteiger partial charge on any atom is -0.454 e. The van der Waals surface area contributed by atoms with Gasteiger partial charge < -0.3 is 35.2 Å². The number of rotatable bonds is 28. The van der Waals surface area contributed by atoms with E-state index in [2.05, 4.69) is 12.2 Å². The summed E-state index contributed by atoms with van der Waals surface area (Å²) in [6.45, 7) is 4.13. The highest BCUT2D eigenvalue weighted by Crippen LogP contribution is 2.42. The van der Waals surface area contributed by atoms with Crippen LogP contribution in [-0.4, -0.2) is 73.5 Å². The van der Waals surface area contributed by atoms with Gasteiger partial charge in [0.1, 0.15) is 17.8 Å². The van der Waals surface area contributed by atoms with E-state index in [9.17, 15) is 39.3 Å². The van der Waals surface area contributed by atoms with Crippen LogP contribution in [0.2, 0.25) is 0 Å². The molecule has 7 unspecified atom stereocenters. The molecule has 2 aliphatic rings. The molecule has 1 heterocycles. The summed E-state index contributed by atoms with van der Waals surface area (Å²) in [5.41, 5.74) is -2.07. The second-order valence-electron chi connectivity index (χ2n) is 15.0. The maximum absolute atomic E-state index is 12.7. The first-order chi connectivity index (χ1) is 25.3. The molecule has 7 atom stereocenters. The number of aliphatic hydroxyl groups excluding tert-OH is 2. The van der Waals surface area contributed by atoms with Crippen molar-refractivity contribution >= 4 is 19.7 Å². The first-order valence-electron chi connectivity index (χ1n) is 20.4. The van der Waals surface area contributed by atoms with Crippen molar-refractivity contribution in [3.05, 3.63) is 48.6 Å². The van der Waals surface area contributed by atoms with Crippen molar-refractivity contribution in [2.75, 3.05) is 6.54 Å². The number of nitrogens with one attached hydrogen (secondary N) is 1. The second kappa shape index (κ2) is 26.7. The molecule has 0 aromatic heterocycles. The summed E-state index contributed by atoms with van der Waals surface area (Å²) in [5, 5.41) is 35.6. The van der Waals surface area contributed by atoms with Crippen LogP contribution in [0.5, 0.6) is 0 Å². The lowest BCUT2D eigenvalue weighted by Crippen LogP contribution is -2.46. The number of carbonyl (C=O) groups is 2. The van der Waals surface area contributed by atoms with Gasteiger partial charge in [-0.15, -0.1) is 0 Å². The van der Waals surface area contributed by atoms with Crippen LogP contribution < -0.4 is 5.32 Å². The van der Waals surface area contributed by atoms with Gasteiger partial charge in [-0.05, 0) is 50.5 Å². The van der Waals surface area contributed by atoms with Gasteiger partial charge >= 0.3 is 13.8 Å². The highest BCUT2D eigenvalue weighted by molar-refractivity contribution is 7.46. The molecule has 1 aliphatic carbocycles. The zero-order valence-corrected chi connectivity index (χ0v) is 33.3. The van der Waals surface area contributed by atoms with E-state index < -0.39 is 37.7 Å². The predicted molar refractivity (Wildman–Crippen MR) is 209 cm³/mol. The minimum atomic E-state index is -5.15. The number of phosphoric acid groups is 1. The van der Waals surface area contributed by atoms with Gasteiger partial charge in [-0.1, -0.05) is 134 Å². The van der Waals surface area contributed by atoms with E-state index in [-0.39, 0.29) is 43.2 Å². The number of cyclic esters (lactones) is 1. The number of amides is 1. The van der Waals surface area contributed by atoms with E-state index in [1.54, 1.807) is 18.2 Å². The summed E-state index contributed by atoms with van der Waals surface area (Å²) in [6.07, 6.45) is 28.1. The molecule has 0 radical (unpaired) electrons. The van der Waals surface area contributed by atoms with Gasteiger partial charge in [0, 0.05) is 31.4 Å². The number of aliphatic hydroxyl groups is 3. The van der Waals surface area contributed by atoms with Gasteiger partial charge in [-0.3, -0.25) is 9.32 Å². The number of esters is 1. The Hall–Kier alpha value is -2.11. The Kier molecular flexibility index (Phi) is 23.7. The molecular formula is C41H70NO10P. The van der Waals surface area contributed by atoms with E-state index in [1.165, 1.54) is 82.1 Å². The third-order valence-corrected chi connectivity index (χ3v) is 10.9. The third kappa shape index (κ3) is 21.5. The van der Waals surface area contributed by atoms with E-state index in [4.69, 9.17) is 9.26 Å². The molecule has 1 saturated carbocycles. The van der Waals surface area contributed by atoms with Crippen molar-refractivity contribution in [1.29, 1.82) is 0 Å². The molecular weight excluding hydrogens is 697 g/mol. The molecule has 0 saturated heterocycles. The highest BCUT2D eigenvalue weighted by Gasteiger charge is 2.41. The lowest BCUT2D eigenvalue weighted by molar-refractivity contribution is -0.143. The molecule has 2 rings (SSSR count). The zero-order valence-electron chi connectivity index (χ0n) is 32.4. The molecule has 0 aromatic carbocycles. The van der Waals surface area contributed by atoms with Crippen LogP contribution in [0.15, 0.2) is 48.6 Å². The van der Waals surface area contributed by atoms with Gasteiger partial charge in [-0.25, -0.2) is 9.36 Å². The van der Waals surface area contributed by atoms with Crippen molar-refractivity contribution < 1.29 is 48.5 Å². The topological polar surface area (TPSA) is 183 Å². The van der Waals surface area contributed by atoms with Crippen LogP contribution in [0, 0.1) is 11.8 Å². The summed E-state index contributed by atoms with van der Waals surface area (Å²) in [4.78, 5) is 44.3. The maximum atomic E-state index is 12.7. The Bertz CT molecular complexity index is 1200. The number of hydrogen-bond donors (Lipinski definition) is 6. The molecule has 53 heavy (non-hydrogen) atoms. The number of hydrogen-bond acceptors (Lipinski definition) is 8. The molecule has 0 aromatic rings. The molecule has 6 N–H and O–H groups in total. The summed E-state index contributed by atoms with van der Waals surface area (Å²) in [6, 6.07) is 0. The number of unbranched alkanes of at least 4 members (excludes halogenated alkanes) is 12. The van der Waals surface area contributed by atoms with Crippen molar-refractivity contribution in [3.8, 4) is 0 Å². The molecule has 1 amide bonds. The van der Waals surface area contributed by atoms with Crippen LogP contribution >= 0.6 is 7.82 Å². The molecule has 304 valence electrons. The van der Waals surface area contributed by atoms with E-state index in [0.29, 0.717) is 19.3 Å². The number of ether oxygens (including phenoxy) is 1. The van der Waals surface area contributed by atoms with Crippen molar-refractivity contribution in [2.24, 2.45) is 11.8 Å². The van der Waals surface area contributed by atoms with Crippen LogP contribution in [0.4, 0.5) is 0 Å². The van der Waals surface area contributed by atoms with E-state index in [1.807, 2.05) is 13.0 Å². The smallest absolute Gasteiger partial charge is 0.454 e. The van der Waals surface area contributed by atoms with Gasteiger partial charge in [0.25, 0.3) is 0 Å². The quantitative estimate of drug-likeness (QED) is 0.0152. The molecule has 1 aliphatic heterocycles. The fourth-order valence-electron chi connectivity index (χ4n) is 7.12. The first kappa shape index (κ1) is 47.0. The summed E-state index contributed by atoms with van der Waals surface area (Å²) < 4.78 is 22.7. The highest BCUT2D eigenvalue weighted by atomic mass is 31.2. The normalized spacial score (nSPS) is 23.4. The summed E-state index contributed by atoms with van der Waals surface area (Å²) in [5.74, 6) is -0.700. The molecule has 1 fully saturated rings. The number of carbonyl (C=O) groups excluding carboxylic acids is 2. The van der Waals surface area contributed by atoms with Gasteiger partial charge in [0.05, 0.1) is 12.2 Å². The predicted octanol–water partition coefficient (Wildman–Crippen LogP) is 7.66. The van der Waals surface area contributed by atoms with Gasteiger partial charge in [0.15, 0.2) is 0 Å². The summed E-state index contributed by atoms with van der Waals surface area (Å²) in [7, 11) is -5.15. The number of allylic oxidation sites excluding steroid dienone is 3. The van der Waals surface area contributed by atoms with Crippen molar-refractivity contribution in [1.82, 2.24) is 5.32 Å². The molecule has 0 spiro atoms. The Morgan fingerprint density at radius 1 is 1.00 bits per heavy atom. The van der Waals surface area contributed by atoms with Crippen LogP contribution in [0.3, 0.4) is 0 Å². The largest absolute Gasteiger partial charge is 0.469 e. The van der Waals surface area contributed by atoms with Crippen LogP contribution in [0.1, 0.15) is 149 Å². The standard InChI is InChI=1S/C41H70NO10P/c1-3-5-6-7-8-9-10-11-12-13-14-15-16-24-39(45)42-30-29-41(47,28-27-37-34(4-2)25-26-40(46)51-37)38(52-53(48,49)50)32-36(44)22-18-17-20-33-21-19-23-35(43)31-33/h17-18,20,22,25-28,33-38,43-44,47H,3-16,19,21,23-24,29-32H2,1-2H3,(H,42,45)(H2,48,49,50)/b20-17-,22-18-,28-27+. The third-order valence-electron chi connectivity index (χ3n) is 10.3. The average Bonchev–Trinajstić information content (AvgIpc) is 3.10. The molecule has 12 heteroatoms. The minimum absolute atomic E-state index is 0.0252. The zero-order chi connectivity index (χ0) is 39.0. The number of phosphoric ester groups is 1. The first-order valence-corrected chi connectivity index (χ1v) is 21.9. The maximum Gasteiger partial charge on any atom is 0.469 e. The fourth-order valence-corrected chi connectivity index (χ4v) is 7.72. The molecule has 11 nitrogen and oxygen atoms in total. The Balaban J connectivity index is 1.98. The average molecular weight is 768 g/mol. The lowest BCUT2D eigenvalue weighted by Gasteiger charge is -2.35. The van der Waals surface area contributed by atoms with Gasteiger partial charge in [-0.2, -0.15) is 0 Å². The molecule has 0 bridgehead atoms. The summed E-state index contributed by atoms with van der Waals surface area (Å²) >= 11 is 0. The van der Waals surface area contributed by atoms with E-state index in [0.717, 1.165) is 44.9 Å². The van der Waals surface area contributed by atoms with E-state index >= 15 is 0 Å². The Morgan fingerprint density at radius 2 is 1.64 bits per heavy atom.